The number of benzene rings is 1. The average Bonchev–Trinajstić information content (AvgIpc) is 3.22. The Kier molecular flexibility index (Phi) is 5.62. The van der Waals surface area contributed by atoms with E-state index >= 15 is 0 Å². The summed E-state index contributed by atoms with van der Waals surface area (Å²) in [7, 11) is 0. The van der Waals surface area contributed by atoms with Crippen LogP contribution in [0.5, 0.6) is 0 Å². The zero-order valence-electron chi connectivity index (χ0n) is 17.5. The summed E-state index contributed by atoms with van der Waals surface area (Å²) in [5.74, 6) is 1.59. The zero-order chi connectivity index (χ0) is 20.3. The van der Waals surface area contributed by atoms with E-state index < -0.39 is 0 Å². The minimum atomic E-state index is 0.0487. The van der Waals surface area contributed by atoms with Crippen molar-refractivity contribution in [2.75, 3.05) is 25.1 Å². The van der Waals surface area contributed by atoms with Crippen LogP contribution in [-0.2, 0) is 16.7 Å². The van der Waals surface area contributed by atoms with E-state index in [4.69, 9.17) is 4.74 Å². The molecule has 1 aromatic carbocycles. The highest BCUT2D eigenvalue weighted by Crippen LogP contribution is 2.35. The summed E-state index contributed by atoms with van der Waals surface area (Å²) in [6.45, 7) is 9.40. The van der Waals surface area contributed by atoms with Gasteiger partial charge in [0.15, 0.2) is 0 Å². The van der Waals surface area contributed by atoms with Gasteiger partial charge in [-0.2, -0.15) is 5.10 Å². The third-order valence-electron chi connectivity index (χ3n) is 5.75. The average molecular weight is 392 g/mol. The maximum absolute atomic E-state index is 5.67. The van der Waals surface area contributed by atoms with Crippen LogP contribution in [0, 0.1) is 13.8 Å². The lowest BCUT2D eigenvalue weighted by atomic mass is 9.73. The molecule has 4 rings (SSSR count). The van der Waals surface area contributed by atoms with Crippen molar-refractivity contribution in [3.8, 4) is 11.4 Å². The molecule has 152 valence electrons. The van der Waals surface area contributed by atoms with E-state index in [-0.39, 0.29) is 5.41 Å². The van der Waals surface area contributed by atoms with Gasteiger partial charge in [0, 0.05) is 44.0 Å². The van der Waals surface area contributed by atoms with E-state index in [9.17, 15) is 0 Å². The second kappa shape index (κ2) is 8.33. The van der Waals surface area contributed by atoms with Crippen molar-refractivity contribution in [3.05, 3.63) is 59.5 Å². The Morgan fingerprint density at radius 2 is 1.90 bits per heavy atom. The van der Waals surface area contributed by atoms with Crippen LogP contribution in [0.4, 0.5) is 5.82 Å². The molecule has 0 aliphatic carbocycles. The van der Waals surface area contributed by atoms with Crippen molar-refractivity contribution in [1.82, 2.24) is 19.7 Å². The highest BCUT2D eigenvalue weighted by Gasteiger charge is 2.34. The van der Waals surface area contributed by atoms with Crippen LogP contribution in [-0.4, -0.2) is 39.5 Å². The maximum Gasteiger partial charge on any atom is 0.130 e. The van der Waals surface area contributed by atoms with Crippen LogP contribution in [0.2, 0.25) is 0 Å². The van der Waals surface area contributed by atoms with Crippen molar-refractivity contribution in [1.29, 1.82) is 0 Å². The molecular formula is C23H29N5O. The summed E-state index contributed by atoms with van der Waals surface area (Å²) in [6.07, 6.45) is 3.98. The van der Waals surface area contributed by atoms with Crippen LogP contribution < -0.4 is 5.32 Å². The first-order chi connectivity index (χ1) is 14.1. The fourth-order valence-electron chi connectivity index (χ4n) is 4.03. The van der Waals surface area contributed by atoms with E-state index in [0.29, 0.717) is 0 Å². The molecule has 1 N–H and O–H groups in total. The van der Waals surface area contributed by atoms with Gasteiger partial charge >= 0.3 is 0 Å². The highest BCUT2D eigenvalue weighted by atomic mass is 16.5. The summed E-state index contributed by atoms with van der Waals surface area (Å²) in [5.41, 5.74) is 4.44. The zero-order valence-corrected chi connectivity index (χ0v) is 17.5. The molecule has 1 fully saturated rings. The van der Waals surface area contributed by atoms with Crippen LogP contribution >= 0.6 is 0 Å². The van der Waals surface area contributed by atoms with Crippen LogP contribution in [0.3, 0.4) is 0 Å². The number of nitrogens with one attached hydrogen (secondary N) is 1. The van der Waals surface area contributed by atoms with E-state index in [2.05, 4.69) is 58.5 Å². The number of rotatable bonds is 6. The SMILES string of the molecule is CCn1ccc(-c2cc(NCC3(c4cccc(C)c4)CCOCC3)nc(C)n2)n1. The number of ether oxygens (including phenoxy) is 1. The van der Waals surface area contributed by atoms with Gasteiger partial charge in [0.1, 0.15) is 17.3 Å². The Balaban J connectivity index is 1.59. The molecule has 0 spiro atoms. The fourth-order valence-corrected chi connectivity index (χ4v) is 4.03. The standard InChI is InChI=1S/C23H29N5O/c1-4-28-11-8-20(27-28)21-15-22(26-18(3)25-21)24-16-23(9-12-29-13-10-23)19-7-5-6-17(2)14-19/h5-8,11,14-15H,4,9-10,12-13,16H2,1-3H3,(H,24,25,26). The number of hydrogen-bond donors (Lipinski definition) is 1. The van der Waals surface area contributed by atoms with E-state index in [0.717, 1.165) is 62.2 Å². The van der Waals surface area contributed by atoms with Crippen LogP contribution in [0.15, 0.2) is 42.6 Å². The molecule has 3 heterocycles. The quantitative estimate of drug-likeness (QED) is 0.684. The lowest BCUT2D eigenvalue weighted by Crippen LogP contribution is -2.40. The predicted molar refractivity (Wildman–Crippen MR) is 115 cm³/mol. The monoisotopic (exact) mass is 391 g/mol. The van der Waals surface area contributed by atoms with Gasteiger partial charge in [-0.05, 0) is 45.2 Å². The molecular weight excluding hydrogens is 362 g/mol. The molecule has 0 radical (unpaired) electrons. The van der Waals surface area contributed by atoms with Gasteiger partial charge < -0.3 is 10.1 Å². The van der Waals surface area contributed by atoms with Gasteiger partial charge in [-0.3, -0.25) is 4.68 Å². The predicted octanol–water partition coefficient (Wildman–Crippen LogP) is 4.14. The first kappa shape index (κ1) is 19.6. The second-order valence-corrected chi connectivity index (χ2v) is 7.86. The van der Waals surface area contributed by atoms with E-state index in [1.165, 1.54) is 11.1 Å². The first-order valence-electron chi connectivity index (χ1n) is 10.4. The lowest BCUT2D eigenvalue weighted by Gasteiger charge is -2.38. The normalized spacial score (nSPS) is 16.0. The largest absolute Gasteiger partial charge is 0.381 e. The van der Waals surface area contributed by atoms with Gasteiger partial charge in [-0.15, -0.1) is 0 Å². The maximum atomic E-state index is 5.67. The Bertz CT molecular complexity index is 975. The number of aromatic nitrogens is 4. The summed E-state index contributed by atoms with van der Waals surface area (Å²) in [4.78, 5) is 9.21. The van der Waals surface area contributed by atoms with Crippen LogP contribution in [0.1, 0.15) is 36.7 Å². The number of nitrogens with zero attached hydrogens (tertiary/aromatic N) is 4. The summed E-state index contributed by atoms with van der Waals surface area (Å²) < 4.78 is 7.58. The molecule has 0 saturated carbocycles. The van der Waals surface area contributed by atoms with Crippen molar-refractivity contribution >= 4 is 5.82 Å². The van der Waals surface area contributed by atoms with E-state index in [1.807, 2.05) is 29.9 Å². The van der Waals surface area contributed by atoms with Gasteiger partial charge in [0.05, 0.1) is 5.69 Å². The smallest absolute Gasteiger partial charge is 0.130 e. The van der Waals surface area contributed by atoms with Gasteiger partial charge in [-0.25, -0.2) is 9.97 Å². The molecule has 1 aliphatic heterocycles. The van der Waals surface area contributed by atoms with Crippen molar-refractivity contribution in [3.63, 3.8) is 0 Å². The molecule has 2 aromatic heterocycles. The Labute approximate surface area is 172 Å². The third-order valence-corrected chi connectivity index (χ3v) is 5.75. The molecule has 0 atom stereocenters. The van der Waals surface area contributed by atoms with Crippen molar-refractivity contribution in [2.24, 2.45) is 0 Å². The Hall–Kier alpha value is -2.73. The molecule has 6 nitrogen and oxygen atoms in total. The molecule has 6 heteroatoms. The lowest BCUT2D eigenvalue weighted by molar-refractivity contribution is 0.0543. The van der Waals surface area contributed by atoms with Gasteiger partial charge in [-0.1, -0.05) is 29.8 Å². The van der Waals surface area contributed by atoms with E-state index in [1.54, 1.807) is 0 Å². The molecule has 1 saturated heterocycles. The highest BCUT2D eigenvalue weighted by molar-refractivity contribution is 5.58. The fraction of sp³-hybridized carbons (Fsp3) is 0.435. The number of aryl methyl sites for hydroxylation is 3. The Morgan fingerprint density at radius 1 is 1.07 bits per heavy atom. The van der Waals surface area contributed by atoms with Crippen molar-refractivity contribution < 1.29 is 4.74 Å². The minimum absolute atomic E-state index is 0.0487. The minimum Gasteiger partial charge on any atom is -0.381 e. The van der Waals surface area contributed by atoms with Gasteiger partial charge in [0.25, 0.3) is 0 Å². The second-order valence-electron chi connectivity index (χ2n) is 7.86. The third kappa shape index (κ3) is 4.32. The molecule has 0 amide bonds. The van der Waals surface area contributed by atoms with Gasteiger partial charge in [0.2, 0.25) is 0 Å². The topological polar surface area (TPSA) is 64.9 Å². The molecule has 0 unspecified atom stereocenters. The molecule has 0 bridgehead atoms. The number of anilines is 1. The molecule has 1 aliphatic rings. The summed E-state index contributed by atoms with van der Waals surface area (Å²) >= 11 is 0. The molecule has 29 heavy (non-hydrogen) atoms. The van der Waals surface area contributed by atoms with Crippen molar-refractivity contribution in [2.45, 2.75) is 45.6 Å². The summed E-state index contributed by atoms with van der Waals surface area (Å²) in [6, 6.07) is 12.9. The molecule has 3 aromatic rings. The Morgan fingerprint density at radius 3 is 2.62 bits per heavy atom. The van der Waals surface area contributed by atoms with Crippen LogP contribution in [0.25, 0.3) is 11.4 Å². The number of hydrogen-bond acceptors (Lipinski definition) is 5. The first-order valence-corrected chi connectivity index (χ1v) is 10.4. The summed E-state index contributed by atoms with van der Waals surface area (Å²) in [5, 5.41) is 8.19.